The Morgan fingerprint density at radius 1 is 1.25 bits per heavy atom. The summed E-state index contributed by atoms with van der Waals surface area (Å²) < 4.78 is 13.6. The van der Waals surface area contributed by atoms with Crippen LogP contribution < -0.4 is 0 Å². The SMILES string of the molecule is CCc1cc(F)ccc1C1(C(C)C)CCC=C(C)CC1. The van der Waals surface area contributed by atoms with E-state index in [2.05, 4.69) is 39.8 Å². The minimum atomic E-state index is -0.104. The van der Waals surface area contributed by atoms with Crippen LogP contribution in [0.25, 0.3) is 0 Å². The van der Waals surface area contributed by atoms with Crippen LogP contribution in [0.4, 0.5) is 4.39 Å². The van der Waals surface area contributed by atoms with Gasteiger partial charge in [-0.2, -0.15) is 0 Å². The van der Waals surface area contributed by atoms with Gasteiger partial charge in [-0.15, -0.1) is 0 Å². The molecule has 1 aliphatic rings. The summed E-state index contributed by atoms with van der Waals surface area (Å²) in [6.07, 6.45) is 7.97. The van der Waals surface area contributed by atoms with Gasteiger partial charge >= 0.3 is 0 Å². The number of rotatable bonds is 3. The van der Waals surface area contributed by atoms with Gasteiger partial charge in [-0.3, -0.25) is 0 Å². The van der Waals surface area contributed by atoms with E-state index in [0.717, 1.165) is 12.8 Å². The highest BCUT2D eigenvalue weighted by atomic mass is 19.1. The molecule has 1 unspecified atom stereocenters. The Morgan fingerprint density at radius 2 is 2.00 bits per heavy atom. The summed E-state index contributed by atoms with van der Waals surface area (Å²) in [6, 6.07) is 5.43. The molecule has 20 heavy (non-hydrogen) atoms. The summed E-state index contributed by atoms with van der Waals surface area (Å²) in [5.41, 5.74) is 4.29. The summed E-state index contributed by atoms with van der Waals surface area (Å²) in [7, 11) is 0. The third kappa shape index (κ3) is 2.82. The van der Waals surface area contributed by atoms with Crippen LogP contribution in [-0.2, 0) is 11.8 Å². The van der Waals surface area contributed by atoms with Gasteiger partial charge < -0.3 is 0 Å². The first-order valence-corrected chi connectivity index (χ1v) is 7.94. The molecule has 0 radical (unpaired) electrons. The lowest BCUT2D eigenvalue weighted by molar-refractivity contribution is 0.268. The molecule has 0 saturated carbocycles. The topological polar surface area (TPSA) is 0 Å². The summed E-state index contributed by atoms with van der Waals surface area (Å²) in [6.45, 7) is 9.02. The molecule has 1 aliphatic carbocycles. The molecule has 0 N–H and O–H groups in total. The fourth-order valence-electron chi connectivity index (χ4n) is 3.72. The van der Waals surface area contributed by atoms with Crippen molar-refractivity contribution in [1.29, 1.82) is 0 Å². The maximum Gasteiger partial charge on any atom is 0.123 e. The molecule has 0 heterocycles. The monoisotopic (exact) mass is 274 g/mol. The molecule has 1 aromatic carbocycles. The quantitative estimate of drug-likeness (QED) is 0.611. The number of aryl methyl sites for hydroxylation is 1. The fourth-order valence-corrected chi connectivity index (χ4v) is 3.72. The Hall–Kier alpha value is -1.11. The van der Waals surface area contributed by atoms with Crippen molar-refractivity contribution in [3.8, 4) is 0 Å². The van der Waals surface area contributed by atoms with Crippen molar-refractivity contribution < 1.29 is 4.39 Å². The molecule has 0 spiro atoms. The second-order valence-corrected chi connectivity index (χ2v) is 6.56. The van der Waals surface area contributed by atoms with E-state index < -0.39 is 0 Å². The Balaban J connectivity index is 2.48. The van der Waals surface area contributed by atoms with E-state index in [1.54, 1.807) is 12.1 Å². The minimum Gasteiger partial charge on any atom is -0.207 e. The molecule has 0 aliphatic heterocycles. The zero-order valence-electron chi connectivity index (χ0n) is 13.3. The second kappa shape index (κ2) is 6.11. The third-order valence-corrected chi connectivity index (χ3v) is 5.14. The molecule has 1 atom stereocenters. The van der Waals surface area contributed by atoms with E-state index in [9.17, 15) is 4.39 Å². The van der Waals surface area contributed by atoms with Crippen LogP contribution >= 0.6 is 0 Å². The fraction of sp³-hybridized carbons (Fsp3) is 0.579. The van der Waals surface area contributed by atoms with Crippen molar-refractivity contribution in [1.82, 2.24) is 0 Å². The first-order chi connectivity index (χ1) is 9.49. The van der Waals surface area contributed by atoms with Gasteiger partial charge in [-0.1, -0.05) is 38.5 Å². The zero-order valence-corrected chi connectivity index (χ0v) is 13.3. The molecule has 0 bridgehead atoms. The largest absolute Gasteiger partial charge is 0.207 e. The second-order valence-electron chi connectivity index (χ2n) is 6.56. The lowest BCUT2D eigenvalue weighted by Crippen LogP contribution is -2.33. The molecule has 2 rings (SSSR count). The first-order valence-electron chi connectivity index (χ1n) is 7.94. The Morgan fingerprint density at radius 3 is 2.65 bits per heavy atom. The molecule has 1 heteroatoms. The molecule has 110 valence electrons. The average molecular weight is 274 g/mol. The van der Waals surface area contributed by atoms with Gasteiger partial charge in [0.05, 0.1) is 0 Å². The van der Waals surface area contributed by atoms with Crippen LogP contribution in [0.2, 0.25) is 0 Å². The minimum absolute atomic E-state index is 0.104. The van der Waals surface area contributed by atoms with E-state index >= 15 is 0 Å². The van der Waals surface area contributed by atoms with Crippen molar-refractivity contribution in [2.45, 2.75) is 65.2 Å². The van der Waals surface area contributed by atoms with Gasteiger partial charge in [0.2, 0.25) is 0 Å². The number of hydrogen-bond donors (Lipinski definition) is 0. The average Bonchev–Trinajstić information content (AvgIpc) is 2.61. The van der Waals surface area contributed by atoms with Gasteiger partial charge in [0.1, 0.15) is 5.82 Å². The van der Waals surface area contributed by atoms with Crippen LogP contribution in [0.3, 0.4) is 0 Å². The van der Waals surface area contributed by atoms with Gasteiger partial charge in [0.15, 0.2) is 0 Å². The van der Waals surface area contributed by atoms with Gasteiger partial charge in [-0.05, 0) is 73.6 Å². The lowest BCUT2D eigenvalue weighted by Gasteiger charge is -2.39. The van der Waals surface area contributed by atoms with Gasteiger partial charge in [0, 0.05) is 0 Å². The highest BCUT2D eigenvalue weighted by Crippen LogP contribution is 2.45. The highest BCUT2D eigenvalue weighted by molar-refractivity contribution is 5.36. The van der Waals surface area contributed by atoms with Gasteiger partial charge in [0.25, 0.3) is 0 Å². The normalized spacial score (nSPS) is 23.6. The molecule has 0 nitrogen and oxygen atoms in total. The van der Waals surface area contributed by atoms with Crippen molar-refractivity contribution in [3.63, 3.8) is 0 Å². The first kappa shape index (κ1) is 15.3. The molecule has 1 aromatic rings. The van der Waals surface area contributed by atoms with Crippen molar-refractivity contribution in [3.05, 3.63) is 46.8 Å². The van der Waals surface area contributed by atoms with E-state index in [0.29, 0.717) is 5.92 Å². The zero-order chi connectivity index (χ0) is 14.8. The van der Waals surface area contributed by atoms with E-state index in [-0.39, 0.29) is 11.2 Å². The molecular formula is C19H27F. The predicted octanol–water partition coefficient (Wildman–Crippen LogP) is 5.80. The van der Waals surface area contributed by atoms with Crippen LogP contribution in [0.15, 0.2) is 29.8 Å². The van der Waals surface area contributed by atoms with E-state index in [1.165, 1.54) is 36.0 Å². The summed E-state index contributed by atoms with van der Waals surface area (Å²) in [4.78, 5) is 0. The molecule has 0 amide bonds. The van der Waals surface area contributed by atoms with Gasteiger partial charge in [-0.25, -0.2) is 4.39 Å². The molecular weight excluding hydrogens is 247 g/mol. The van der Waals surface area contributed by atoms with Crippen molar-refractivity contribution in [2.75, 3.05) is 0 Å². The Labute approximate surface area is 123 Å². The van der Waals surface area contributed by atoms with Crippen molar-refractivity contribution >= 4 is 0 Å². The maximum absolute atomic E-state index is 13.6. The third-order valence-electron chi connectivity index (χ3n) is 5.14. The maximum atomic E-state index is 13.6. The summed E-state index contributed by atoms with van der Waals surface area (Å²) >= 11 is 0. The molecule has 0 saturated heterocycles. The summed E-state index contributed by atoms with van der Waals surface area (Å²) in [5, 5.41) is 0. The number of hydrogen-bond acceptors (Lipinski definition) is 0. The predicted molar refractivity (Wildman–Crippen MR) is 84.5 cm³/mol. The van der Waals surface area contributed by atoms with E-state index in [4.69, 9.17) is 0 Å². The standard InChI is InChI=1S/C19H27F/c1-5-16-13-17(20)8-9-18(16)19(14(2)3)11-6-7-15(4)10-12-19/h7-9,13-14H,5-6,10-12H2,1-4H3. The smallest absolute Gasteiger partial charge is 0.123 e. The van der Waals surface area contributed by atoms with Crippen LogP contribution in [-0.4, -0.2) is 0 Å². The molecule has 0 fully saturated rings. The number of allylic oxidation sites excluding steroid dienone is 2. The van der Waals surface area contributed by atoms with Crippen LogP contribution in [0.1, 0.15) is 64.5 Å². The molecule has 0 aromatic heterocycles. The van der Waals surface area contributed by atoms with Crippen LogP contribution in [0.5, 0.6) is 0 Å². The number of halogens is 1. The lowest BCUT2D eigenvalue weighted by atomic mass is 9.65. The summed E-state index contributed by atoms with van der Waals surface area (Å²) in [5.74, 6) is 0.477. The Kier molecular flexibility index (Phi) is 4.67. The highest BCUT2D eigenvalue weighted by Gasteiger charge is 2.37. The van der Waals surface area contributed by atoms with E-state index in [1.807, 2.05) is 0 Å². The number of benzene rings is 1. The van der Waals surface area contributed by atoms with Crippen molar-refractivity contribution in [2.24, 2.45) is 5.92 Å². The Bertz CT molecular complexity index is 498. The van der Waals surface area contributed by atoms with Crippen LogP contribution in [0, 0.1) is 11.7 Å².